The van der Waals surface area contributed by atoms with Crippen LogP contribution < -0.4 is 10.0 Å². The van der Waals surface area contributed by atoms with E-state index in [1.807, 2.05) is 36.4 Å². The van der Waals surface area contributed by atoms with Crippen LogP contribution in [0.4, 0.5) is 0 Å². The molecule has 1 aliphatic heterocycles. The number of hydrogen-bond donors (Lipinski definition) is 2. The van der Waals surface area contributed by atoms with Gasteiger partial charge in [-0.3, -0.25) is 0 Å². The Bertz CT molecular complexity index is 819. The number of halogens is 1. The van der Waals surface area contributed by atoms with Crippen molar-refractivity contribution in [2.24, 2.45) is 0 Å². The van der Waals surface area contributed by atoms with E-state index in [9.17, 15) is 8.42 Å². The second-order valence-electron chi connectivity index (χ2n) is 6.33. The second kappa shape index (κ2) is 8.97. The van der Waals surface area contributed by atoms with Crippen molar-refractivity contribution in [3.8, 4) is 0 Å². The largest absolute Gasteiger partial charge is 0.377 e. The highest BCUT2D eigenvalue weighted by molar-refractivity contribution is 7.89. The summed E-state index contributed by atoms with van der Waals surface area (Å²) in [5.74, 6) is 0. The van der Waals surface area contributed by atoms with Gasteiger partial charge in [-0.1, -0.05) is 41.9 Å². The summed E-state index contributed by atoms with van der Waals surface area (Å²) in [4.78, 5) is 0.269. The zero-order valence-corrected chi connectivity index (χ0v) is 16.0. The van der Waals surface area contributed by atoms with Crippen LogP contribution in [0, 0.1) is 0 Å². The normalized spacial score (nSPS) is 17.5. The van der Waals surface area contributed by atoms with Gasteiger partial charge in [-0.25, -0.2) is 13.1 Å². The molecular weight excluding hydrogens is 372 g/mol. The fraction of sp³-hybridized carbons (Fsp3) is 0.368. The van der Waals surface area contributed by atoms with Crippen molar-refractivity contribution in [1.82, 2.24) is 10.0 Å². The lowest BCUT2D eigenvalue weighted by atomic mass is 10.2. The van der Waals surface area contributed by atoms with Crippen LogP contribution in [0.5, 0.6) is 0 Å². The van der Waals surface area contributed by atoms with Gasteiger partial charge >= 0.3 is 0 Å². The third-order valence-electron chi connectivity index (χ3n) is 4.36. The summed E-state index contributed by atoms with van der Waals surface area (Å²) in [7, 11) is -3.50. The van der Waals surface area contributed by atoms with E-state index in [4.69, 9.17) is 16.3 Å². The first-order chi connectivity index (χ1) is 12.5. The van der Waals surface area contributed by atoms with Gasteiger partial charge in [-0.15, -0.1) is 0 Å². The Morgan fingerprint density at radius 1 is 1.08 bits per heavy atom. The number of nitrogens with one attached hydrogen (secondary N) is 2. The SMILES string of the molecule is O=S(=O)(NCC1CCCO1)c1ccc(CNCc2ccccc2Cl)cc1. The summed E-state index contributed by atoms with van der Waals surface area (Å²) in [6.07, 6.45) is 1.87. The number of benzene rings is 2. The van der Waals surface area contributed by atoms with Crippen LogP contribution in [0.3, 0.4) is 0 Å². The molecule has 5 nitrogen and oxygen atoms in total. The maximum atomic E-state index is 12.3. The standard InChI is InChI=1S/C19H23ClN2O3S/c20-19-6-2-1-4-16(19)13-21-12-15-7-9-18(10-8-15)26(23,24)22-14-17-5-3-11-25-17/h1-2,4,6-10,17,21-22H,3,5,11-14H2. The van der Waals surface area contributed by atoms with Crippen molar-refractivity contribution < 1.29 is 13.2 Å². The summed E-state index contributed by atoms with van der Waals surface area (Å²) in [6, 6.07) is 14.6. The molecule has 0 saturated carbocycles. The van der Waals surface area contributed by atoms with Gasteiger partial charge in [0, 0.05) is 31.3 Å². The number of rotatable bonds is 8. The van der Waals surface area contributed by atoms with Crippen LogP contribution >= 0.6 is 11.6 Å². The molecule has 3 rings (SSSR count). The molecule has 0 spiro atoms. The molecule has 1 unspecified atom stereocenters. The Hall–Kier alpha value is -1.44. The van der Waals surface area contributed by atoms with Gasteiger partial charge in [0.15, 0.2) is 0 Å². The van der Waals surface area contributed by atoms with E-state index in [1.54, 1.807) is 12.1 Å². The highest BCUT2D eigenvalue weighted by atomic mass is 35.5. The molecule has 26 heavy (non-hydrogen) atoms. The third-order valence-corrected chi connectivity index (χ3v) is 6.17. The molecule has 140 valence electrons. The number of sulfonamides is 1. The Labute approximate surface area is 159 Å². The molecular formula is C19H23ClN2O3S. The molecule has 1 heterocycles. The van der Waals surface area contributed by atoms with Crippen molar-refractivity contribution in [1.29, 1.82) is 0 Å². The molecule has 1 aliphatic rings. The molecule has 0 amide bonds. The predicted octanol–water partition coefficient (Wildman–Crippen LogP) is 3.09. The Morgan fingerprint density at radius 3 is 2.54 bits per heavy atom. The van der Waals surface area contributed by atoms with Gasteiger partial charge in [-0.2, -0.15) is 0 Å². The maximum Gasteiger partial charge on any atom is 0.240 e. The van der Waals surface area contributed by atoms with Crippen molar-refractivity contribution >= 4 is 21.6 Å². The van der Waals surface area contributed by atoms with Crippen LogP contribution in [0.25, 0.3) is 0 Å². The molecule has 2 aromatic carbocycles. The van der Waals surface area contributed by atoms with E-state index in [0.717, 1.165) is 29.0 Å². The first-order valence-corrected chi connectivity index (χ1v) is 10.5. The second-order valence-corrected chi connectivity index (χ2v) is 8.50. The summed E-state index contributed by atoms with van der Waals surface area (Å²) in [5, 5.41) is 4.05. The van der Waals surface area contributed by atoms with Crippen molar-refractivity contribution in [2.45, 2.75) is 36.9 Å². The van der Waals surface area contributed by atoms with Gasteiger partial charge in [0.25, 0.3) is 0 Å². The van der Waals surface area contributed by atoms with E-state index < -0.39 is 10.0 Å². The Balaban J connectivity index is 1.51. The molecule has 0 radical (unpaired) electrons. The summed E-state index contributed by atoms with van der Waals surface area (Å²) < 4.78 is 32.8. The molecule has 2 N–H and O–H groups in total. The van der Waals surface area contributed by atoms with E-state index in [1.165, 1.54) is 0 Å². The molecule has 7 heteroatoms. The quantitative estimate of drug-likeness (QED) is 0.722. The van der Waals surface area contributed by atoms with Crippen LogP contribution in [0.1, 0.15) is 24.0 Å². The zero-order chi connectivity index (χ0) is 18.4. The van der Waals surface area contributed by atoms with Gasteiger partial charge in [0.05, 0.1) is 11.0 Å². The van der Waals surface area contributed by atoms with Gasteiger partial charge in [-0.05, 0) is 42.2 Å². The van der Waals surface area contributed by atoms with Crippen LogP contribution in [0.15, 0.2) is 53.4 Å². The smallest absolute Gasteiger partial charge is 0.240 e. The molecule has 0 bridgehead atoms. The highest BCUT2D eigenvalue weighted by Crippen LogP contribution is 2.16. The average Bonchev–Trinajstić information content (AvgIpc) is 3.16. The van der Waals surface area contributed by atoms with E-state index in [2.05, 4.69) is 10.0 Å². The monoisotopic (exact) mass is 394 g/mol. The van der Waals surface area contributed by atoms with E-state index in [-0.39, 0.29) is 11.0 Å². The average molecular weight is 395 g/mol. The van der Waals surface area contributed by atoms with Crippen LogP contribution in [0.2, 0.25) is 5.02 Å². The summed E-state index contributed by atoms with van der Waals surface area (Å²) in [6.45, 7) is 2.32. The van der Waals surface area contributed by atoms with E-state index >= 15 is 0 Å². The van der Waals surface area contributed by atoms with Gasteiger partial charge in [0.1, 0.15) is 0 Å². The molecule has 0 aromatic heterocycles. The Kier molecular flexibility index (Phi) is 6.67. The summed E-state index contributed by atoms with van der Waals surface area (Å²) in [5.41, 5.74) is 2.04. The van der Waals surface area contributed by atoms with Crippen molar-refractivity contribution in [3.63, 3.8) is 0 Å². The lowest BCUT2D eigenvalue weighted by molar-refractivity contribution is 0.114. The fourth-order valence-corrected chi connectivity index (χ4v) is 4.13. The van der Waals surface area contributed by atoms with E-state index in [0.29, 0.717) is 26.2 Å². The van der Waals surface area contributed by atoms with Gasteiger partial charge in [0.2, 0.25) is 10.0 Å². The minimum atomic E-state index is -3.50. The lowest BCUT2D eigenvalue weighted by Gasteiger charge is -2.12. The first-order valence-electron chi connectivity index (χ1n) is 8.69. The minimum absolute atomic E-state index is 0.0157. The molecule has 2 aromatic rings. The molecule has 0 aliphatic carbocycles. The molecule has 1 atom stereocenters. The van der Waals surface area contributed by atoms with Crippen LogP contribution in [-0.2, 0) is 27.8 Å². The van der Waals surface area contributed by atoms with Crippen molar-refractivity contribution in [2.75, 3.05) is 13.2 Å². The first kappa shape index (κ1) is 19.3. The van der Waals surface area contributed by atoms with Gasteiger partial charge < -0.3 is 10.1 Å². The summed E-state index contributed by atoms with van der Waals surface area (Å²) >= 11 is 6.13. The third kappa shape index (κ3) is 5.28. The topological polar surface area (TPSA) is 67.4 Å². The lowest BCUT2D eigenvalue weighted by Crippen LogP contribution is -2.31. The molecule has 1 fully saturated rings. The van der Waals surface area contributed by atoms with Crippen LogP contribution in [-0.4, -0.2) is 27.7 Å². The Morgan fingerprint density at radius 2 is 1.85 bits per heavy atom. The maximum absolute atomic E-state index is 12.3. The fourth-order valence-electron chi connectivity index (χ4n) is 2.86. The number of hydrogen-bond acceptors (Lipinski definition) is 4. The molecule has 1 saturated heterocycles. The minimum Gasteiger partial charge on any atom is -0.377 e. The van der Waals surface area contributed by atoms with Crippen molar-refractivity contribution in [3.05, 3.63) is 64.7 Å². The highest BCUT2D eigenvalue weighted by Gasteiger charge is 2.20. The zero-order valence-electron chi connectivity index (χ0n) is 14.4. The number of ether oxygens (including phenoxy) is 1. The predicted molar refractivity (Wildman–Crippen MR) is 103 cm³/mol.